The van der Waals surface area contributed by atoms with E-state index in [9.17, 15) is 10.1 Å². The SMILES string of the molecule is Cc1cc(C=Nc2sc3c(c2C#N)CC[C@@H](C(C)(C)C)C3)c(C)n1-c1ccc(C(=O)O)cc1. The van der Waals surface area contributed by atoms with Crippen LogP contribution in [-0.4, -0.2) is 21.9 Å². The molecule has 33 heavy (non-hydrogen) atoms. The van der Waals surface area contributed by atoms with Crippen molar-refractivity contribution in [2.75, 3.05) is 0 Å². The number of rotatable bonds is 4. The van der Waals surface area contributed by atoms with Crippen LogP contribution in [0.4, 0.5) is 5.00 Å². The van der Waals surface area contributed by atoms with E-state index in [4.69, 9.17) is 10.1 Å². The second-order valence-electron chi connectivity index (χ2n) is 9.87. The third-order valence-corrected chi connectivity index (χ3v) is 7.91. The number of benzene rings is 1. The van der Waals surface area contributed by atoms with Crippen molar-refractivity contribution in [3.8, 4) is 11.8 Å². The molecule has 0 aliphatic heterocycles. The van der Waals surface area contributed by atoms with Crippen molar-refractivity contribution < 1.29 is 9.90 Å². The maximum absolute atomic E-state index is 11.2. The Kier molecular flexibility index (Phi) is 6.02. The number of nitrogens with zero attached hydrogens (tertiary/aromatic N) is 3. The predicted molar refractivity (Wildman–Crippen MR) is 133 cm³/mol. The van der Waals surface area contributed by atoms with Crippen molar-refractivity contribution >= 4 is 28.5 Å². The van der Waals surface area contributed by atoms with Crippen LogP contribution in [0.2, 0.25) is 0 Å². The van der Waals surface area contributed by atoms with E-state index in [0.29, 0.717) is 5.92 Å². The summed E-state index contributed by atoms with van der Waals surface area (Å²) in [6.45, 7) is 10.9. The van der Waals surface area contributed by atoms with E-state index in [1.54, 1.807) is 23.5 Å². The van der Waals surface area contributed by atoms with Gasteiger partial charge in [0, 0.05) is 33.7 Å². The molecule has 2 aromatic heterocycles. The van der Waals surface area contributed by atoms with E-state index >= 15 is 0 Å². The van der Waals surface area contributed by atoms with Crippen molar-refractivity contribution in [2.24, 2.45) is 16.3 Å². The van der Waals surface area contributed by atoms with Crippen molar-refractivity contribution in [1.29, 1.82) is 5.26 Å². The highest BCUT2D eigenvalue weighted by Crippen LogP contribution is 2.44. The van der Waals surface area contributed by atoms with Crippen LogP contribution in [0.15, 0.2) is 35.3 Å². The summed E-state index contributed by atoms with van der Waals surface area (Å²) in [5.41, 5.74) is 6.41. The zero-order chi connectivity index (χ0) is 23.9. The van der Waals surface area contributed by atoms with Crippen molar-refractivity contribution in [3.63, 3.8) is 0 Å². The van der Waals surface area contributed by atoms with Crippen LogP contribution in [0.1, 0.15) is 70.5 Å². The minimum Gasteiger partial charge on any atom is -0.478 e. The number of carboxylic acid groups (broad SMARTS) is 1. The Bertz CT molecular complexity index is 1280. The number of aromatic nitrogens is 1. The van der Waals surface area contributed by atoms with Crippen molar-refractivity contribution in [2.45, 2.75) is 53.9 Å². The number of thiophene rings is 1. The van der Waals surface area contributed by atoms with Crippen molar-refractivity contribution in [3.05, 3.63) is 68.9 Å². The van der Waals surface area contributed by atoms with Gasteiger partial charge in [0.1, 0.15) is 11.1 Å². The molecule has 3 aromatic rings. The molecule has 0 spiro atoms. The molecule has 6 heteroatoms. The van der Waals surface area contributed by atoms with Gasteiger partial charge in [-0.15, -0.1) is 11.3 Å². The molecule has 0 saturated heterocycles. The Morgan fingerprint density at radius 2 is 1.97 bits per heavy atom. The number of aromatic carboxylic acids is 1. The molecule has 0 fully saturated rings. The number of aryl methyl sites for hydroxylation is 1. The second kappa shape index (κ2) is 8.64. The Balaban J connectivity index is 1.64. The second-order valence-corrected chi connectivity index (χ2v) is 11.0. The number of carboxylic acids is 1. The number of hydrogen-bond donors (Lipinski definition) is 1. The molecule has 1 aliphatic rings. The molecule has 0 unspecified atom stereocenters. The van der Waals surface area contributed by atoms with E-state index in [1.165, 1.54) is 10.4 Å². The monoisotopic (exact) mass is 459 g/mol. The summed E-state index contributed by atoms with van der Waals surface area (Å²) in [4.78, 5) is 17.2. The fourth-order valence-corrected chi connectivity index (χ4v) is 5.94. The van der Waals surface area contributed by atoms with Gasteiger partial charge in [-0.3, -0.25) is 0 Å². The first kappa shape index (κ1) is 23.0. The van der Waals surface area contributed by atoms with Crippen LogP contribution in [0.5, 0.6) is 0 Å². The van der Waals surface area contributed by atoms with E-state index in [1.807, 2.05) is 32.2 Å². The first-order valence-corrected chi connectivity index (χ1v) is 12.0. The lowest BCUT2D eigenvalue weighted by Gasteiger charge is -2.33. The van der Waals surface area contributed by atoms with Gasteiger partial charge in [-0.1, -0.05) is 20.8 Å². The van der Waals surface area contributed by atoms with Crippen molar-refractivity contribution in [1.82, 2.24) is 4.57 Å². The van der Waals surface area contributed by atoms with Gasteiger partial charge in [-0.25, -0.2) is 9.79 Å². The largest absolute Gasteiger partial charge is 0.478 e. The summed E-state index contributed by atoms with van der Waals surface area (Å²) in [5.74, 6) is -0.311. The summed E-state index contributed by atoms with van der Waals surface area (Å²) in [7, 11) is 0. The summed E-state index contributed by atoms with van der Waals surface area (Å²) < 4.78 is 2.09. The maximum Gasteiger partial charge on any atom is 0.335 e. The van der Waals surface area contributed by atoms with Crippen LogP contribution < -0.4 is 0 Å². The smallest absolute Gasteiger partial charge is 0.335 e. The number of carbonyl (C=O) groups is 1. The standard InChI is InChI=1S/C27H29N3O2S/c1-16-12-19(17(2)30(16)21-9-6-18(7-10-21)26(31)32)15-29-25-23(14-28)22-11-8-20(27(3,4)5)13-24(22)33-25/h6-7,9-10,12,15,20H,8,11,13H2,1-5H3,(H,31,32)/t20-/m1/s1. The molecule has 0 bridgehead atoms. The molecule has 1 atom stereocenters. The highest BCUT2D eigenvalue weighted by atomic mass is 32.1. The number of fused-ring (bicyclic) bond motifs is 1. The van der Waals surface area contributed by atoms with E-state index in [-0.39, 0.29) is 11.0 Å². The fraction of sp³-hybridized carbons (Fsp3) is 0.370. The molecule has 1 aliphatic carbocycles. The first-order valence-electron chi connectivity index (χ1n) is 11.2. The zero-order valence-electron chi connectivity index (χ0n) is 19.8. The number of nitriles is 1. The van der Waals surface area contributed by atoms with Gasteiger partial charge in [0.2, 0.25) is 0 Å². The molecule has 0 saturated carbocycles. The van der Waals surface area contributed by atoms with Gasteiger partial charge in [0.25, 0.3) is 0 Å². The van der Waals surface area contributed by atoms with Crippen LogP contribution in [0.25, 0.3) is 5.69 Å². The Morgan fingerprint density at radius 3 is 2.58 bits per heavy atom. The quantitative estimate of drug-likeness (QED) is 0.445. The first-order chi connectivity index (χ1) is 15.6. The fourth-order valence-electron chi connectivity index (χ4n) is 4.71. The zero-order valence-corrected chi connectivity index (χ0v) is 20.6. The Labute approximate surface area is 199 Å². The molecule has 1 aromatic carbocycles. The van der Waals surface area contributed by atoms with Gasteiger partial charge in [-0.2, -0.15) is 5.26 Å². The lowest BCUT2D eigenvalue weighted by molar-refractivity contribution is 0.0697. The van der Waals surface area contributed by atoms with E-state index in [2.05, 4.69) is 37.5 Å². The highest BCUT2D eigenvalue weighted by molar-refractivity contribution is 7.16. The minimum atomic E-state index is -0.934. The van der Waals surface area contributed by atoms with Crippen LogP contribution in [0, 0.1) is 36.5 Å². The summed E-state index contributed by atoms with van der Waals surface area (Å²) in [5, 5.41) is 19.8. The van der Waals surface area contributed by atoms with E-state index < -0.39 is 5.97 Å². The third-order valence-electron chi connectivity index (χ3n) is 6.75. The number of hydrogen-bond acceptors (Lipinski definition) is 4. The molecule has 4 rings (SSSR count). The van der Waals surface area contributed by atoms with Gasteiger partial charge in [0.05, 0.1) is 11.1 Å². The molecule has 0 amide bonds. The topological polar surface area (TPSA) is 78.4 Å². The molecular formula is C27H29N3O2S. The lowest BCUT2D eigenvalue weighted by atomic mass is 9.72. The highest BCUT2D eigenvalue weighted by Gasteiger charge is 2.32. The Hall–Kier alpha value is -3.17. The van der Waals surface area contributed by atoms with Crippen LogP contribution in [-0.2, 0) is 12.8 Å². The number of aliphatic imine (C=N–C) groups is 1. The molecule has 0 radical (unpaired) electrons. The van der Waals surface area contributed by atoms with Gasteiger partial charge in [-0.05, 0) is 80.3 Å². The molecule has 170 valence electrons. The summed E-state index contributed by atoms with van der Waals surface area (Å²) >= 11 is 1.66. The van der Waals surface area contributed by atoms with E-state index in [0.717, 1.165) is 52.5 Å². The molecule has 5 nitrogen and oxygen atoms in total. The normalized spacial score (nSPS) is 16.1. The van der Waals surface area contributed by atoms with Crippen LogP contribution in [0.3, 0.4) is 0 Å². The minimum absolute atomic E-state index is 0.262. The van der Waals surface area contributed by atoms with Crippen LogP contribution >= 0.6 is 11.3 Å². The molecule has 2 heterocycles. The van der Waals surface area contributed by atoms with Gasteiger partial charge < -0.3 is 9.67 Å². The summed E-state index contributed by atoms with van der Waals surface area (Å²) in [6.07, 6.45) is 4.94. The average Bonchev–Trinajstić information content (AvgIpc) is 3.26. The molecule has 1 N–H and O–H groups in total. The van der Waals surface area contributed by atoms with Gasteiger partial charge in [0.15, 0.2) is 0 Å². The Morgan fingerprint density at radius 1 is 1.27 bits per heavy atom. The lowest BCUT2D eigenvalue weighted by Crippen LogP contribution is -2.26. The average molecular weight is 460 g/mol. The van der Waals surface area contributed by atoms with Gasteiger partial charge >= 0.3 is 5.97 Å². The predicted octanol–water partition coefficient (Wildman–Crippen LogP) is 6.63. The maximum atomic E-state index is 11.2. The third kappa shape index (κ3) is 4.38. The summed E-state index contributed by atoms with van der Waals surface area (Å²) in [6, 6.07) is 11.3. The molecular weight excluding hydrogens is 430 g/mol.